The third kappa shape index (κ3) is 4.56. The summed E-state index contributed by atoms with van der Waals surface area (Å²) in [5.41, 5.74) is 3.09. The molecule has 1 aliphatic heterocycles. The summed E-state index contributed by atoms with van der Waals surface area (Å²) in [6, 6.07) is 13.7. The number of aryl methyl sites for hydroxylation is 1. The fraction of sp³-hybridized carbons (Fsp3) is 0.240. The highest BCUT2D eigenvalue weighted by Crippen LogP contribution is 2.38. The molecule has 1 fully saturated rings. The number of halogens is 1. The smallest absolute Gasteiger partial charge is 0.228 e. The van der Waals surface area contributed by atoms with E-state index in [-0.39, 0.29) is 17.3 Å². The van der Waals surface area contributed by atoms with Crippen LogP contribution >= 0.6 is 11.3 Å². The van der Waals surface area contributed by atoms with Gasteiger partial charge < -0.3 is 15.3 Å². The van der Waals surface area contributed by atoms with Gasteiger partial charge in [0, 0.05) is 18.3 Å². The predicted octanol–water partition coefficient (Wildman–Crippen LogP) is 4.89. The molecule has 1 atom stereocenters. The molecule has 0 saturated carbocycles. The molecule has 35 heavy (non-hydrogen) atoms. The van der Waals surface area contributed by atoms with E-state index < -0.39 is 12.6 Å². The van der Waals surface area contributed by atoms with Gasteiger partial charge in [-0.3, -0.25) is 0 Å². The number of pyridine rings is 1. The quantitative estimate of drug-likeness (QED) is 0.370. The first kappa shape index (κ1) is 22.8. The zero-order valence-corrected chi connectivity index (χ0v) is 19.8. The average molecular weight is 488 g/mol. The number of benzene rings is 1. The monoisotopic (exact) mass is 487 g/mol. The van der Waals surface area contributed by atoms with Crippen molar-refractivity contribution in [1.29, 1.82) is 5.26 Å². The van der Waals surface area contributed by atoms with Gasteiger partial charge in [0.05, 0.1) is 30.1 Å². The van der Waals surface area contributed by atoms with Gasteiger partial charge in [-0.15, -0.1) is 0 Å². The summed E-state index contributed by atoms with van der Waals surface area (Å²) < 4.78 is 14.8. The molecule has 0 spiro atoms. The van der Waals surface area contributed by atoms with Crippen LogP contribution in [0.3, 0.4) is 0 Å². The van der Waals surface area contributed by atoms with Gasteiger partial charge in [0.15, 0.2) is 5.13 Å². The second kappa shape index (κ2) is 9.74. The molecule has 10 heteroatoms. The molecule has 0 amide bonds. The highest BCUT2D eigenvalue weighted by atomic mass is 32.1. The Balaban J connectivity index is 1.64. The first-order chi connectivity index (χ1) is 17.1. The summed E-state index contributed by atoms with van der Waals surface area (Å²) in [6.45, 7) is 2.36. The predicted molar refractivity (Wildman–Crippen MR) is 132 cm³/mol. The third-order valence-electron chi connectivity index (χ3n) is 5.98. The Labute approximate surface area is 205 Å². The Bertz CT molecular complexity index is 1400. The summed E-state index contributed by atoms with van der Waals surface area (Å²) in [5.74, 6) is 0.0440. The number of hydrogen-bond acceptors (Lipinski definition) is 9. The van der Waals surface area contributed by atoms with E-state index in [2.05, 4.69) is 57.4 Å². The largest absolute Gasteiger partial charge is 0.391 e. The molecular weight excluding hydrogens is 465 g/mol. The molecule has 1 saturated heterocycles. The molecule has 5 rings (SSSR count). The first-order valence-corrected chi connectivity index (χ1v) is 12.0. The van der Waals surface area contributed by atoms with Crippen LogP contribution in [0.2, 0.25) is 0 Å². The Hall–Kier alpha value is -3.94. The van der Waals surface area contributed by atoms with E-state index in [1.165, 1.54) is 18.0 Å². The van der Waals surface area contributed by atoms with Gasteiger partial charge in [-0.2, -0.15) is 14.6 Å². The molecule has 4 heterocycles. The standard InChI is InChI=1S/C25H22FN7OS/c1-15-6-8-16(9-7-15)20-5-3-11-33(20)24-30-21(18-4-2-10-28-22(18)26)19(14-34)23(31-24)32-25-29-13-17(12-27)35-25/h2,4,6-10,13,20,34H,3,5,11,14H2,1H3,(H,29,30,31,32). The van der Waals surface area contributed by atoms with Crippen LogP contribution in [0.4, 0.5) is 21.3 Å². The van der Waals surface area contributed by atoms with Crippen molar-refractivity contribution in [1.82, 2.24) is 19.9 Å². The lowest BCUT2D eigenvalue weighted by Gasteiger charge is -2.27. The van der Waals surface area contributed by atoms with Crippen LogP contribution in [0, 0.1) is 24.2 Å². The van der Waals surface area contributed by atoms with Gasteiger partial charge in [0.25, 0.3) is 0 Å². The molecule has 3 aromatic heterocycles. The van der Waals surface area contributed by atoms with Crippen molar-refractivity contribution in [2.45, 2.75) is 32.4 Å². The van der Waals surface area contributed by atoms with Crippen molar-refractivity contribution in [3.63, 3.8) is 0 Å². The summed E-state index contributed by atoms with van der Waals surface area (Å²) in [6.07, 6.45) is 4.72. The van der Waals surface area contributed by atoms with Gasteiger partial charge >= 0.3 is 0 Å². The minimum absolute atomic E-state index is 0.0695. The third-order valence-corrected chi connectivity index (χ3v) is 6.80. The minimum Gasteiger partial charge on any atom is -0.391 e. The molecule has 1 aliphatic rings. The zero-order valence-electron chi connectivity index (χ0n) is 18.9. The maximum atomic E-state index is 14.8. The van der Waals surface area contributed by atoms with Crippen LogP contribution in [0.1, 0.15) is 40.5 Å². The molecule has 8 nitrogen and oxygen atoms in total. The van der Waals surface area contributed by atoms with Gasteiger partial charge in [-0.05, 0) is 37.5 Å². The lowest BCUT2D eigenvalue weighted by molar-refractivity contribution is 0.282. The lowest BCUT2D eigenvalue weighted by Crippen LogP contribution is -2.25. The van der Waals surface area contributed by atoms with Crippen LogP contribution in [0.25, 0.3) is 11.3 Å². The Morgan fingerprint density at radius 1 is 1.23 bits per heavy atom. The van der Waals surface area contributed by atoms with E-state index in [4.69, 9.17) is 15.2 Å². The van der Waals surface area contributed by atoms with Crippen molar-refractivity contribution >= 4 is 28.2 Å². The summed E-state index contributed by atoms with van der Waals surface area (Å²) in [5, 5.41) is 23.0. The normalized spacial score (nSPS) is 15.3. The number of aromatic nitrogens is 4. The molecule has 0 bridgehead atoms. The fourth-order valence-electron chi connectivity index (χ4n) is 4.27. The molecule has 4 aromatic rings. The molecule has 1 aromatic carbocycles. The fourth-order valence-corrected chi connectivity index (χ4v) is 4.88. The van der Waals surface area contributed by atoms with E-state index >= 15 is 0 Å². The Kier molecular flexibility index (Phi) is 6.35. The van der Waals surface area contributed by atoms with E-state index in [1.54, 1.807) is 12.1 Å². The van der Waals surface area contributed by atoms with Crippen LogP contribution in [0.5, 0.6) is 0 Å². The molecule has 1 unspecified atom stereocenters. The van der Waals surface area contributed by atoms with Crippen LogP contribution in [-0.2, 0) is 6.61 Å². The van der Waals surface area contributed by atoms with Gasteiger partial charge in [0.2, 0.25) is 11.9 Å². The number of nitrogens with one attached hydrogen (secondary N) is 1. The number of nitriles is 1. The summed E-state index contributed by atoms with van der Waals surface area (Å²) in [4.78, 5) is 20.0. The number of thiazole rings is 1. The molecule has 0 radical (unpaired) electrons. The van der Waals surface area contributed by atoms with Gasteiger partial charge in [0.1, 0.15) is 16.8 Å². The van der Waals surface area contributed by atoms with Crippen molar-refractivity contribution < 1.29 is 9.50 Å². The summed E-state index contributed by atoms with van der Waals surface area (Å²) >= 11 is 1.16. The maximum absolute atomic E-state index is 14.8. The van der Waals surface area contributed by atoms with Crippen LogP contribution in [0.15, 0.2) is 48.8 Å². The topological polar surface area (TPSA) is 111 Å². The molecule has 0 aliphatic carbocycles. The molecular formula is C25H22FN7OS. The van der Waals surface area contributed by atoms with Crippen molar-refractivity contribution in [2.24, 2.45) is 0 Å². The van der Waals surface area contributed by atoms with Crippen molar-refractivity contribution in [2.75, 3.05) is 16.8 Å². The zero-order chi connectivity index (χ0) is 24.4. The van der Waals surface area contributed by atoms with Crippen LogP contribution in [-0.4, -0.2) is 31.6 Å². The van der Waals surface area contributed by atoms with E-state index in [0.717, 1.165) is 36.3 Å². The number of aliphatic hydroxyl groups is 1. The van der Waals surface area contributed by atoms with Crippen molar-refractivity contribution in [3.8, 4) is 17.3 Å². The van der Waals surface area contributed by atoms with Crippen molar-refractivity contribution in [3.05, 3.63) is 76.3 Å². The second-order valence-corrected chi connectivity index (χ2v) is 9.26. The highest BCUT2D eigenvalue weighted by molar-refractivity contribution is 7.16. The van der Waals surface area contributed by atoms with E-state index in [0.29, 0.717) is 27.3 Å². The van der Waals surface area contributed by atoms with Crippen LogP contribution < -0.4 is 10.2 Å². The number of rotatable bonds is 6. The highest BCUT2D eigenvalue weighted by Gasteiger charge is 2.30. The minimum atomic E-state index is -0.685. The molecule has 176 valence electrons. The Morgan fingerprint density at radius 3 is 2.77 bits per heavy atom. The SMILES string of the molecule is Cc1ccc(C2CCCN2c2nc(Nc3ncc(C#N)s3)c(CO)c(-c3cccnc3F)n2)cc1. The van der Waals surface area contributed by atoms with Gasteiger partial charge in [-0.25, -0.2) is 15.0 Å². The Morgan fingerprint density at radius 2 is 2.06 bits per heavy atom. The average Bonchev–Trinajstić information content (AvgIpc) is 3.54. The lowest BCUT2D eigenvalue weighted by atomic mass is 10.0. The number of hydrogen-bond donors (Lipinski definition) is 2. The van der Waals surface area contributed by atoms with E-state index in [9.17, 15) is 9.50 Å². The van der Waals surface area contributed by atoms with Gasteiger partial charge in [-0.1, -0.05) is 41.2 Å². The number of nitrogens with zero attached hydrogens (tertiary/aromatic N) is 6. The first-order valence-electron chi connectivity index (χ1n) is 11.2. The van der Waals surface area contributed by atoms with E-state index in [1.807, 2.05) is 0 Å². The second-order valence-electron chi connectivity index (χ2n) is 8.23. The maximum Gasteiger partial charge on any atom is 0.228 e. The summed E-state index contributed by atoms with van der Waals surface area (Å²) in [7, 11) is 0. The molecule has 2 N–H and O–H groups in total. The number of aliphatic hydroxyl groups excluding tert-OH is 1. The number of anilines is 3.